The summed E-state index contributed by atoms with van der Waals surface area (Å²) < 4.78 is 37.5. The number of nitrogens with zero attached hydrogens (tertiary/aromatic N) is 1. The van der Waals surface area contributed by atoms with Gasteiger partial charge < -0.3 is 4.90 Å². The number of amides is 1. The first-order valence-corrected chi connectivity index (χ1v) is 5.48. The van der Waals surface area contributed by atoms with Crippen molar-refractivity contribution in [2.24, 2.45) is 0 Å². The molecule has 0 N–H and O–H groups in total. The van der Waals surface area contributed by atoms with Crippen LogP contribution in [0.4, 0.5) is 13.2 Å². The Labute approximate surface area is 96.0 Å². The van der Waals surface area contributed by atoms with E-state index in [1.165, 1.54) is 0 Å². The predicted molar refractivity (Wildman–Crippen MR) is 54.1 cm³/mol. The van der Waals surface area contributed by atoms with Gasteiger partial charge in [-0.1, -0.05) is 24.3 Å². The highest BCUT2D eigenvalue weighted by Crippen LogP contribution is 2.53. The number of hydrogen-bond acceptors (Lipinski definition) is 1. The quantitative estimate of drug-likeness (QED) is 0.683. The first kappa shape index (κ1) is 10.6. The minimum absolute atomic E-state index is 0.384. The van der Waals surface area contributed by atoms with Crippen molar-refractivity contribution in [3.63, 3.8) is 0 Å². The van der Waals surface area contributed by atoms with Crippen molar-refractivity contribution in [3.8, 4) is 0 Å². The van der Waals surface area contributed by atoms with Crippen molar-refractivity contribution >= 4 is 5.91 Å². The van der Waals surface area contributed by atoms with Gasteiger partial charge in [-0.05, 0) is 24.0 Å². The second-order valence-electron chi connectivity index (χ2n) is 4.45. The molecule has 1 fully saturated rings. The van der Waals surface area contributed by atoms with E-state index in [-0.39, 0.29) is 12.1 Å². The van der Waals surface area contributed by atoms with Gasteiger partial charge in [0.1, 0.15) is 0 Å². The van der Waals surface area contributed by atoms with E-state index in [0.717, 1.165) is 16.0 Å². The fraction of sp³-hybridized carbons (Fsp3) is 0.417. The van der Waals surface area contributed by atoms with Crippen LogP contribution in [0.2, 0.25) is 0 Å². The molecule has 2 aliphatic rings. The summed E-state index contributed by atoms with van der Waals surface area (Å²) in [6.07, 6.45) is -3.52. The van der Waals surface area contributed by atoms with E-state index in [0.29, 0.717) is 12.8 Å². The highest BCUT2D eigenvalue weighted by molar-refractivity contribution is 5.84. The maximum atomic E-state index is 12.5. The van der Waals surface area contributed by atoms with Crippen LogP contribution in [-0.2, 0) is 4.79 Å². The summed E-state index contributed by atoms with van der Waals surface area (Å²) in [6, 6.07) is 6.47. The molecule has 0 saturated carbocycles. The van der Waals surface area contributed by atoms with E-state index >= 15 is 0 Å². The lowest BCUT2D eigenvalue weighted by molar-refractivity contribution is -0.188. The Morgan fingerprint density at radius 1 is 1.12 bits per heavy atom. The molecule has 1 aromatic rings. The van der Waals surface area contributed by atoms with Crippen LogP contribution < -0.4 is 0 Å². The van der Waals surface area contributed by atoms with Gasteiger partial charge in [-0.25, -0.2) is 0 Å². The van der Waals surface area contributed by atoms with Crippen LogP contribution in [0.1, 0.15) is 36.1 Å². The number of carbonyl (C=O) groups is 1. The number of halogens is 3. The minimum Gasteiger partial charge on any atom is -0.321 e. The topological polar surface area (TPSA) is 20.3 Å². The molecular formula is C12H10F3NO. The molecule has 2 bridgehead atoms. The van der Waals surface area contributed by atoms with Gasteiger partial charge in [-0.2, -0.15) is 13.2 Å². The van der Waals surface area contributed by atoms with Crippen molar-refractivity contribution in [1.29, 1.82) is 0 Å². The van der Waals surface area contributed by atoms with Crippen LogP contribution in [0.3, 0.4) is 0 Å². The normalized spacial score (nSPS) is 26.2. The third-order valence-corrected chi connectivity index (χ3v) is 3.58. The summed E-state index contributed by atoms with van der Waals surface area (Å²) in [7, 11) is 0. The van der Waals surface area contributed by atoms with Crippen molar-refractivity contribution in [1.82, 2.24) is 4.90 Å². The van der Waals surface area contributed by atoms with E-state index in [1.807, 2.05) is 12.1 Å². The van der Waals surface area contributed by atoms with Gasteiger partial charge >= 0.3 is 12.1 Å². The van der Waals surface area contributed by atoms with Gasteiger partial charge in [-0.15, -0.1) is 0 Å². The smallest absolute Gasteiger partial charge is 0.321 e. The first-order chi connectivity index (χ1) is 8.00. The molecule has 17 heavy (non-hydrogen) atoms. The lowest BCUT2D eigenvalue weighted by Gasteiger charge is -2.23. The molecule has 5 heteroatoms. The average Bonchev–Trinajstić information content (AvgIpc) is 2.83. The molecule has 2 heterocycles. The number of alkyl halides is 3. The molecule has 3 rings (SSSR count). The van der Waals surface area contributed by atoms with E-state index in [4.69, 9.17) is 0 Å². The molecule has 90 valence electrons. The average molecular weight is 241 g/mol. The summed E-state index contributed by atoms with van der Waals surface area (Å²) in [5, 5.41) is 0. The van der Waals surface area contributed by atoms with Gasteiger partial charge in [-0.3, -0.25) is 4.79 Å². The van der Waals surface area contributed by atoms with Crippen LogP contribution in [0.25, 0.3) is 0 Å². The van der Waals surface area contributed by atoms with Crippen molar-refractivity contribution in [3.05, 3.63) is 35.4 Å². The molecule has 2 nitrogen and oxygen atoms in total. The molecule has 0 radical (unpaired) electrons. The van der Waals surface area contributed by atoms with Crippen molar-refractivity contribution in [2.75, 3.05) is 0 Å². The van der Waals surface area contributed by atoms with Gasteiger partial charge in [0.15, 0.2) is 0 Å². The Morgan fingerprint density at radius 3 is 2.00 bits per heavy atom. The van der Waals surface area contributed by atoms with Gasteiger partial charge in [0.25, 0.3) is 0 Å². The molecule has 1 aromatic carbocycles. The number of benzene rings is 1. The Bertz CT molecular complexity index is 452. The molecule has 2 aliphatic heterocycles. The Balaban J connectivity index is 2.01. The van der Waals surface area contributed by atoms with Gasteiger partial charge in [0.2, 0.25) is 0 Å². The molecule has 0 unspecified atom stereocenters. The standard InChI is InChI=1S/C12H10F3NO/c13-12(14,15)11(17)16-9-5-6-10(16)8-4-2-1-3-7(8)9/h1-4,9-10H,5-6H2/t9-,10+. The fourth-order valence-corrected chi connectivity index (χ4v) is 2.97. The molecule has 0 aliphatic carbocycles. The zero-order chi connectivity index (χ0) is 12.2. The summed E-state index contributed by atoms with van der Waals surface area (Å²) in [6.45, 7) is 0. The molecule has 0 spiro atoms. The van der Waals surface area contributed by atoms with Gasteiger partial charge in [0, 0.05) is 0 Å². The minimum atomic E-state index is -4.77. The Kier molecular flexibility index (Phi) is 2.03. The van der Waals surface area contributed by atoms with Crippen LogP contribution >= 0.6 is 0 Å². The van der Waals surface area contributed by atoms with Crippen LogP contribution in [0.15, 0.2) is 24.3 Å². The lowest BCUT2D eigenvalue weighted by atomic mass is 9.92. The van der Waals surface area contributed by atoms with Crippen LogP contribution in [0.5, 0.6) is 0 Å². The predicted octanol–water partition coefficient (Wildman–Crippen LogP) is 2.97. The zero-order valence-electron chi connectivity index (χ0n) is 8.87. The maximum absolute atomic E-state index is 12.5. The largest absolute Gasteiger partial charge is 0.471 e. The maximum Gasteiger partial charge on any atom is 0.471 e. The third kappa shape index (κ3) is 1.38. The summed E-state index contributed by atoms with van der Waals surface area (Å²) >= 11 is 0. The summed E-state index contributed by atoms with van der Waals surface area (Å²) in [5.41, 5.74) is 1.75. The molecule has 0 aromatic heterocycles. The fourth-order valence-electron chi connectivity index (χ4n) is 2.97. The molecular weight excluding hydrogens is 231 g/mol. The second kappa shape index (κ2) is 3.24. The number of rotatable bonds is 0. The van der Waals surface area contributed by atoms with E-state index < -0.39 is 12.1 Å². The Hall–Kier alpha value is -1.52. The highest BCUT2D eigenvalue weighted by Gasteiger charge is 2.53. The van der Waals surface area contributed by atoms with E-state index in [1.54, 1.807) is 12.1 Å². The number of fused-ring (bicyclic) bond motifs is 5. The molecule has 1 amide bonds. The van der Waals surface area contributed by atoms with Gasteiger partial charge in [0.05, 0.1) is 12.1 Å². The first-order valence-electron chi connectivity index (χ1n) is 5.48. The van der Waals surface area contributed by atoms with Crippen molar-refractivity contribution in [2.45, 2.75) is 31.1 Å². The molecule has 2 atom stereocenters. The van der Waals surface area contributed by atoms with Crippen LogP contribution in [-0.4, -0.2) is 17.0 Å². The number of hydrogen-bond donors (Lipinski definition) is 0. The molecule has 1 saturated heterocycles. The second-order valence-corrected chi connectivity index (χ2v) is 4.45. The third-order valence-electron chi connectivity index (χ3n) is 3.58. The Morgan fingerprint density at radius 2 is 1.59 bits per heavy atom. The SMILES string of the molecule is O=C(N1[C@@H]2CC[C@H]1c1ccccc12)C(F)(F)F. The van der Waals surface area contributed by atoms with Crippen molar-refractivity contribution < 1.29 is 18.0 Å². The number of carbonyl (C=O) groups excluding carboxylic acids is 1. The van der Waals surface area contributed by atoms with Crippen LogP contribution in [0, 0.1) is 0 Å². The summed E-state index contributed by atoms with van der Waals surface area (Å²) in [4.78, 5) is 12.4. The lowest BCUT2D eigenvalue weighted by Crippen LogP contribution is -2.39. The van der Waals surface area contributed by atoms with E-state index in [9.17, 15) is 18.0 Å². The summed E-state index contributed by atoms with van der Waals surface area (Å²) in [5.74, 6) is -1.71. The van der Waals surface area contributed by atoms with E-state index in [2.05, 4.69) is 0 Å². The zero-order valence-corrected chi connectivity index (χ0v) is 8.87. The monoisotopic (exact) mass is 241 g/mol. The highest BCUT2D eigenvalue weighted by atomic mass is 19.4.